The molecule has 2 rings (SSSR count). The first-order valence-electron chi connectivity index (χ1n) is 6.98. The highest BCUT2D eigenvalue weighted by molar-refractivity contribution is 5.47. The number of nitrogens with zero attached hydrogens (tertiary/aromatic N) is 1. The fourth-order valence-electron chi connectivity index (χ4n) is 2.18. The van der Waals surface area contributed by atoms with Gasteiger partial charge in [0.05, 0.1) is 18.4 Å². The monoisotopic (exact) mass is 289 g/mol. The van der Waals surface area contributed by atoms with E-state index in [0.29, 0.717) is 18.8 Å². The molecule has 0 aliphatic rings. The number of anilines is 1. The Morgan fingerprint density at radius 3 is 2.43 bits per heavy atom. The molecule has 0 bridgehead atoms. The van der Waals surface area contributed by atoms with Gasteiger partial charge in [0.1, 0.15) is 11.6 Å². The maximum Gasteiger partial charge on any atom is 0.146 e. The quantitative estimate of drug-likeness (QED) is 0.884. The number of hydrogen-bond donors (Lipinski definition) is 1. The zero-order chi connectivity index (χ0) is 15.2. The summed E-state index contributed by atoms with van der Waals surface area (Å²) in [6.45, 7) is 2.85. The number of ether oxygens (including phenoxy) is 1. The van der Waals surface area contributed by atoms with Crippen LogP contribution in [0.1, 0.15) is 18.6 Å². The molecule has 2 aromatic rings. The van der Waals surface area contributed by atoms with E-state index in [0.717, 1.165) is 11.3 Å². The van der Waals surface area contributed by atoms with Crippen molar-refractivity contribution in [1.29, 1.82) is 0 Å². The van der Waals surface area contributed by atoms with E-state index in [1.807, 2.05) is 31.2 Å². The van der Waals surface area contributed by atoms with Crippen molar-refractivity contribution >= 4 is 5.69 Å². The van der Waals surface area contributed by atoms with Gasteiger partial charge in [-0.15, -0.1) is 0 Å². The highest BCUT2D eigenvalue weighted by Crippen LogP contribution is 2.22. The van der Waals surface area contributed by atoms with Crippen molar-refractivity contribution in [3.63, 3.8) is 0 Å². The molecule has 21 heavy (non-hydrogen) atoms. The molecule has 0 aliphatic carbocycles. The average molecular weight is 289 g/mol. The van der Waals surface area contributed by atoms with E-state index < -0.39 is 6.10 Å². The van der Waals surface area contributed by atoms with Crippen LogP contribution >= 0.6 is 0 Å². The molecule has 0 saturated heterocycles. The van der Waals surface area contributed by atoms with Crippen LogP contribution in [0.5, 0.6) is 5.75 Å². The van der Waals surface area contributed by atoms with Crippen molar-refractivity contribution in [3.8, 4) is 5.75 Å². The second kappa shape index (κ2) is 7.09. The number of aliphatic hydroxyl groups is 1. The van der Waals surface area contributed by atoms with Gasteiger partial charge in [-0.2, -0.15) is 0 Å². The van der Waals surface area contributed by atoms with Gasteiger partial charge in [-0.3, -0.25) is 0 Å². The standard InChI is InChI=1S/C17H20FNO2/c1-3-21-14-10-8-13(9-11-14)17(20)12-19(2)16-7-5-4-6-15(16)18/h4-11,17,20H,3,12H2,1-2H3. The minimum absolute atomic E-state index is 0.293. The van der Waals surface area contributed by atoms with Crippen LogP contribution in [0.2, 0.25) is 0 Å². The summed E-state index contributed by atoms with van der Waals surface area (Å²) in [5, 5.41) is 10.3. The lowest BCUT2D eigenvalue weighted by atomic mass is 10.1. The van der Waals surface area contributed by atoms with E-state index in [9.17, 15) is 9.50 Å². The molecule has 2 aromatic carbocycles. The van der Waals surface area contributed by atoms with Crippen molar-refractivity contribution in [3.05, 3.63) is 59.9 Å². The molecule has 0 aromatic heterocycles. The summed E-state index contributed by atoms with van der Waals surface area (Å²) < 4.78 is 19.1. The lowest BCUT2D eigenvalue weighted by Gasteiger charge is -2.23. The van der Waals surface area contributed by atoms with E-state index >= 15 is 0 Å². The molecule has 0 saturated carbocycles. The van der Waals surface area contributed by atoms with Crippen LogP contribution in [0.4, 0.5) is 10.1 Å². The van der Waals surface area contributed by atoms with Gasteiger partial charge in [-0.05, 0) is 36.8 Å². The summed E-state index contributed by atoms with van der Waals surface area (Å²) in [6, 6.07) is 13.8. The summed E-state index contributed by atoms with van der Waals surface area (Å²) in [5.41, 5.74) is 1.25. The van der Waals surface area contributed by atoms with Crippen LogP contribution in [-0.2, 0) is 0 Å². The summed E-state index contributed by atoms with van der Waals surface area (Å²) in [6.07, 6.45) is -0.690. The van der Waals surface area contributed by atoms with Crippen LogP contribution in [0.3, 0.4) is 0 Å². The second-order valence-corrected chi connectivity index (χ2v) is 4.85. The van der Waals surface area contributed by atoms with Gasteiger partial charge in [-0.1, -0.05) is 24.3 Å². The van der Waals surface area contributed by atoms with Crippen molar-refractivity contribution in [1.82, 2.24) is 0 Å². The average Bonchev–Trinajstić information content (AvgIpc) is 2.48. The molecule has 0 radical (unpaired) electrons. The Labute approximate surface area is 124 Å². The molecule has 1 unspecified atom stereocenters. The Balaban J connectivity index is 2.03. The van der Waals surface area contributed by atoms with Crippen LogP contribution < -0.4 is 9.64 Å². The van der Waals surface area contributed by atoms with E-state index in [-0.39, 0.29) is 5.82 Å². The first-order chi connectivity index (χ1) is 10.1. The number of halogens is 1. The smallest absolute Gasteiger partial charge is 0.146 e. The fourth-order valence-corrected chi connectivity index (χ4v) is 2.18. The first-order valence-corrected chi connectivity index (χ1v) is 6.98. The third kappa shape index (κ3) is 3.95. The van der Waals surface area contributed by atoms with Gasteiger partial charge >= 0.3 is 0 Å². The molecule has 0 aliphatic heterocycles. The van der Waals surface area contributed by atoms with E-state index in [1.54, 1.807) is 30.1 Å². The summed E-state index contributed by atoms with van der Waals surface area (Å²) >= 11 is 0. The fraction of sp³-hybridized carbons (Fsp3) is 0.294. The molecule has 0 amide bonds. The third-order valence-corrected chi connectivity index (χ3v) is 3.29. The molecule has 1 N–H and O–H groups in total. The largest absolute Gasteiger partial charge is 0.494 e. The van der Waals surface area contributed by atoms with Gasteiger partial charge in [0, 0.05) is 13.6 Å². The molecular formula is C17H20FNO2. The number of benzene rings is 2. The Bertz CT molecular complexity index is 571. The molecule has 0 heterocycles. The van der Waals surface area contributed by atoms with E-state index in [1.165, 1.54) is 6.07 Å². The summed E-state index contributed by atoms with van der Waals surface area (Å²) in [5.74, 6) is 0.481. The SMILES string of the molecule is CCOc1ccc(C(O)CN(C)c2ccccc2F)cc1. The number of hydrogen-bond acceptors (Lipinski definition) is 3. The minimum atomic E-state index is -0.690. The number of likely N-dealkylation sites (N-methyl/N-ethyl adjacent to an activating group) is 1. The molecule has 4 heteroatoms. The topological polar surface area (TPSA) is 32.7 Å². The summed E-state index contributed by atoms with van der Waals surface area (Å²) in [7, 11) is 1.76. The van der Waals surface area contributed by atoms with Gasteiger partial charge in [0.25, 0.3) is 0 Å². The Morgan fingerprint density at radius 1 is 1.14 bits per heavy atom. The number of rotatable bonds is 6. The zero-order valence-corrected chi connectivity index (χ0v) is 12.3. The van der Waals surface area contributed by atoms with Gasteiger partial charge in [0.15, 0.2) is 0 Å². The minimum Gasteiger partial charge on any atom is -0.494 e. The molecule has 112 valence electrons. The maximum atomic E-state index is 13.7. The predicted molar refractivity (Wildman–Crippen MR) is 82.2 cm³/mol. The Kier molecular flexibility index (Phi) is 5.17. The van der Waals surface area contributed by atoms with Crippen molar-refractivity contribution in [2.45, 2.75) is 13.0 Å². The van der Waals surface area contributed by atoms with Crippen molar-refractivity contribution < 1.29 is 14.2 Å². The molecular weight excluding hydrogens is 269 g/mol. The highest BCUT2D eigenvalue weighted by Gasteiger charge is 2.13. The number of para-hydroxylation sites is 1. The molecule has 0 spiro atoms. The van der Waals surface area contributed by atoms with Crippen LogP contribution in [0.25, 0.3) is 0 Å². The van der Waals surface area contributed by atoms with E-state index in [2.05, 4.69) is 0 Å². The summed E-state index contributed by atoms with van der Waals surface area (Å²) in [4.78, 5) is 1.70. The van der Waals surface area contributed by atoms with Crippen LogP contribution in [0.15, 0.2) is 48.5 Å². The highest BCUT2D eigenvalue weighted by atomic mass is 19.1. The predicted octanol–water partition coefficient (Wildman–Crippen LogP) is 3.39. The zero-order valence-electron chi connectivity index (χ0n) is 12.3. The first kappa shape index (κ1) is 15.3. The lowest BCUT2D eigenvalue weighted by Crippen LogP contribution is -2.24. The van der Waals surface area contributed by atoms with Crippen molar-refractivity contribution in [2.24, 2.45) is 0 Å². The molecule has 3 nitrogen and oxygen atoms in total. The Hall–Kier alpha value is -2.07. The van der Waals surface area contributed by atoms with Crippen LogP contribution in [0, 0.1) is 5.82 Å². The van der Waals surface area contributed by atoms with Crippen molar-refractivity contribution in [2.75, 3.05) is 25.1 Å². The molecule has 0 fully saturated rings. The Morgan fingerprint density at radius 2 is 1.81 bits per heavy atom. The number of aliphatic hydroxyl groups excluding tert-OH is 1. The lowest BCUT2D eigenvalue weighted by molar-refractivity contribution is 0.184. The molecule has 1 atom stereocenters. The van der Waals surface area contributed by atoms with Crippen LogP contribution in [-0.4, -0.2) is 25.3 Å². The van der Waals surface area contributed by atoms with Gasteiger partial charge < -0.3 is 14.7 Å². The van der Waals surface area contributed by atoms with Gasteiger partial charge in [0.2, 0.25) is 0 Å². The third-order valence-electron chi connectivity index (χ3n) is 3.29. The maximum absolute atomic E-state index is 13.7. The normalized spacial score (nSPS) is 12.0. The van der Waals surface area contributed by atoms with E-state index in [4.69, 9.17) is 4.74 Å². The second-order valence-electron chi connectivity index (χ2n) is 4.85. The van der Waals surface area contributed by atoms with Gasteiger partial charge in [-0.25, -0.2) is 4.39 Å².